The molecule has 0 radical (unpaired) electrons. The van der Waals surface area contributed by atoms with E-state index in [4.69, 9.17) is 11.6 Å². The van der Waals surface area contributed by atoms with Gasteiger partial charge in [0.15, 0.2) is 0 Å². The van der Waals surface area contributed by atoms with E-state index in [-0.39, 0.29) is 17.0 Å². The minimum absolute atomic E-state index is 0.149. The van der Waals surface area contributed by atoms with Crippen molar-refractivity contribution in [2.24, 2.45) is 5.92 Å². The smallest absolute Gasteiger partial charge is 0.268 e. The predicted octanol–water partition coefficient (Wildman–Crippen LogP) is 1.03. The van der Waals surface area contributed by atoms with Crippen LogP contribution in [-0.2, 0) is 6.54 Å². The summed E-state index contributed by atoms with van der Waals surface area (Å²) in [5.41, 5.74) is 0.619. The summed E-state index contributed by atoms with van der Waals surface area (Å²) in [4.78, 5) is 23.2. The van der Waals surface area contributed by atoms with E-state index in [1.165, 1.54) is 4.68 Å². The minimum Gasteiger partial charge on any atom is -0.268 e. The van der Waals surface area contributed by atoms with Crippen LogP contribution in [0.5, 0.6) is 0 Å². The van der Waals surface area contributed by atoms with Gasteiger partial charge in [-0.3, -0.25) is 14.7 Å². The third kappa shape index (κ3) is 2.50. The zero-order valence-electron chi connectivity index (χ0n) is 9.13. The van der Waals surface area contributed by atoms with Crippen LogP contribution in [0.15, 0.2) is 9.59 Å². The van der Waals surface area contributed by atoms with Crippen molar-refractivity contribution in [3.8, 4) is 0 Å². The maximum Gasteiger partial charge on any atom is 0.268 e. The molecule has 0 saturated heterocycles. The van der Waals surface area contributed by atoms with Crippen LogP contribution in [0.1, 0.15) is 18.1 Å². The monoisotopic (exact) mass is 230 g/mol. The summed E-state index contributed by atoms with van der Waals surface area (Å²) in [5.74, 6) is 0.614. The molecule has 4 nitrogen and oxygen atoms in total. The van der Waals surface area contributed by atoms with Crippen molar-refractivity contribution >= 4 is 11.6 Å². The van der Waals surface area contributed by atoms with Crippen LogP contribution in [-0.4, -0.2) is 15.7 Å². The standard InChI is InChI=1S/C10H15ClN2O2/c1-6(4-11)5-13-10(15)8(3)7(2)9(14)12-13/h6H,4-5H2,1-3H3,(H,12,14). The first-order valence-electron chi connectivity index (χ1n) is 4.83. The largest absolute Gasteiger partial charge is 0.268 e. The molecule has 1 aromatic rings. The maximum absolute atomic E-state index is 11.7. The van der Waals surface area contributed by atoms with Gasteiger partial charge in [-0.15, -0.1) is 11.6 Å². The first-order valence-corrected chi connectivity index (χ1v) is 5.37. The lowest BCUT2D eigenvalue weighted by Gasteiger charge is -2.11. The Kier molecular flexibility index (Phi) is 3.74. The molecule has 5 heteroatoms. The Hall–Kier alpha value is -1.03. The summed E-state index contributed by atoms with van der Waals surface area (Å²) in [5, 5.41) is 2.54. The fourth-order valence-corrected chi connectivity index (χ4v) is 1.38. The normalized spacial score (nSPS) is 12.8. The van der Waals surface area contributed by atoms with Crippen LogP contribution in [0, 0.1) is 19.8 Å². The molecule has 1 aromatic heterocycles. The number of hydrogen-bond donors (Lipinski definition) is 1. The fraction of sp³-hybridized carbons (Fsp3) is 0.600. The van der Waals surface area contributed by atoms with E-state index >= 15 is 0 Å². The summed E-state index contributed by atoms with van der Waals surface area (Å²) in [6, 6.07) is 0. The fourth-order valence-electron chi connectivity index (χ4n) is 1.28. The SMILES string of the molecule is Cc1c(C)c(=O)n(CC(C)CCl)[nH]c1=O. The Balaban J connectivity index is 3.21. The van der Waals surface area contributed by atoms with E-state index < -0.39 is 0 Å². The van der Waals surface area contributed by atoms with E-state index in [1.807, 2.05) is 6.92 Å². The molecule has 1 heterocycles. The molecule has 0 aliphatic rings. The van der Waals surface area contributed by atoms with E-state index in [1.54, 1.807) is 13.8 Å². The predicted molar refractivity (Wildman–Crippen MR) is 60.7 cm³/mol. The number of H-pyrrole nitrogens is 1. The number of nitrogens with one attached hydrogen (secondary N) is 1. The van der Waals surface area contributed by atoms with Gasteiger partial charge in [0.1, 0.15) is 0 Å². The Labute approximate surface area is 92.9 Å². The van der Waals surface area contributed by atoms with Crippen molar-refractivity contribution in [3.05, 3.63) is 31.8 Å². The highest BCUT2D eigenvalue weighted by Gasteiger charge is 2.09. The van der Waals surface area contributed by atoms with E-state index in [9.17, 15) is 9.59 Å². The first kappa shape index (κ1) is 12.0. The van der Waals surface area contributed by atoms with Gasteiger partial charge in [0, 0.05) is 23.6 Å². The zero-order chi connectivity index (χ0) is 11.6. The van der Waals surface area contributed by atoms with Crippen LogP contribution in [0.3, 0.4) is 0 Å². The van der Waals surface area contributed by atoms with Crippen molar-refractivity contribution in [2.45, 2.75) is 27.3 Å². The molecule has 0 aliphatic heterocycles. The number of aromatic nitrogens is 2. The van der Waals surface area contributed by atoms with Gasteiger partial charge in [-0.2, -0.15) is 0 Å². The molecule has 15 heavy (non-hydrogen) atoms. The lowest BCUT2D eigenvalue weighted by atomic mass is 10.2. The molecule has 1 rings (SSSR count). The highest BCUT2D eigenvalue weighted by molar-refractivity contribution is 6.18. The molecule has 84 valence electrons. The second-order valence-electron chi connectivity index (χ2n) is 3.87. The molecule has 0 aromatic carbocycles. The topological polar surface area (TPSA) is 54.9 Å². The van der Waals surface area contributed by atoms with E-state index in [0.717, 1.165) is 0 Å². The van der Waals surface area contributed by atoms with Crippen LogP contribution >= 0.6 is 11.6 Å². The number of halogens is 1. The molecule has 1 unspecified atom stereocenters. The van der Waals surface area contributed by atoms with Gasteiger partial charge in [0.25, 0.3) is 11.1 Å². The second kappa shape index (κ2) is 4.66. The van der Waals surface area contributed by atoms with Crippen molar-refractivity contribution in [3.63, 3.8) is 0 Å². The second-order valence-corrected chi connectivity index (χ2v) is 4.17. The Morgan fingerprint density at radius 1 is 1.33 bits per heavy atom. The Bertz CT molecular complexity index is 461. The Morgan fingerprint density at radius 3 is 2.47 bits per heavy atom. The highest BCUT2D eigenvalue weighted by atomic mass is 35.5. The van der Waals surface area contributed by atoms with Gasteiger partial charge in [0.2, 0.25) is 0 Å². The minimum atomic E-state index is -0.214. The number of aromatic amines is 1. The zero-order valence-corrected chi connectivity index (χ0v) is 9.89. The average molecular weight is 231 g/mol. The molecule has 0 bridgehead atoms. The molecular weight excluding hydrogens is 216 g/mol. The Morgan fingerprint density at radius 2 is 1.93 bits per heavy atom. The van der Waals surface area contributed by atoms with Crippen molar-refractivity contribution < 1.29 is 0 Å². The highest BCUT2D eigenvalue weighted by Crippen LogP contribution is 2.00. The van der Waals surface area contributed by atoms with Gasteiger partial charge in [-0.05, 0) is 19.8 Å². The van der Waals surface area contributed by atoms with Crippen molar-refractivity contribution in [1.29, 1.82) is 0 Å². The first-order chi connectivity index (χ1) is 6.97. The number of alkyl halides is 1. The molecule has 0 fully saturated rings. The molecule has 1 N–H and O–H groups in total. The van der Waals surface area contributed by atoms with Crippen LogP contribution in [0.4, 0.5) is 0 Å². The summed E-state index contributed by atoms with van der Waals surface area (Å²) < 4.78 is 1.33. The maximum atomic E-state index is 11.7. The third-order valence-electron chi connectivity index (χ3n) is 2.46. The summed E-state index contributed by atoms with van der Waals surface area (Å²) in [7, 11) is 0. The molecule has 1 atom stereocenters. The number of rotatable bonds is 3. The third-order valence-corrected chi connectivity index (χ3v) is 2.99. The van der Waals surface area contributed by atoms with Crippen LogP contribution < -0.4 is 11.1 Å². The molecular formula is C10H15ClN2O2. The van der Waals surface area contributed by atoms with Crippen LogP contribution in [0.25, 0.3) is 0 Å². The van der Waals surface area contributed by atoms with Crippen LogP contribution in [0.2, 0.25) is 0 Å². The van der Waals surface area contributed by atoms with Gasteiger partial charge in [-0.1, -0.05) is 6.92 Å². The summed E-state index contributed by atoms with van der Waals surface area (Å²) in [6.07, 6.45) is 0. The average Bonchev–Trinajstić information content (AvgIpc) is 2.22. The molecule has 0 aliphatic carbocycles. The van der Waals surface area contributed by atoms with E-state index in [0.29, 0.717) is 23.6 Å². The summed E-state index contributed by atoms with van der Waals surface area (Å²) >= 11 is 5.66. The lowest BCUT2D eigenvalue weighted by Crippen LogP contribution is -2.34. The molecule has 0 amide bonds. The quantitative estimate of drug-likeness (QED) is 0.789. The number of nitrogens with zero attached hydrogens (tertiary/aromatic N) is 1. The van der Waals surface area contributed by atoms with Gasteiger partial charge < -0.3 is 0 Å². The number of hydrogen-bond acceptors (Lipinski definition) is 2. The lowest BCUT2D eigenvalue weighted by molar-refractivity contribution is 0.460. The van der Waals surface area contributed by atoms with Gasteiger partial charge in [0.05, 0.1) is 0 Å². The summed E-state index contributed by atoms with van der Waals surface area (Å²) in [6.45, 7) is 5.67. The van der Waals surface area contributed by atoms with Crippen molar-refractivity contribution in [1.82, 2.24) is 9.78 Å². The van der Waals surface area contributed by atoms with Gasteiger partial charge in [-0.25, -0.2) is 4.68 Å². The van der Waals surface area contributed by atoms with Crippen molar-refractivity contribution in [2.75, 3.05) is 5.88 Å². The van der Waals surface area contributed by atoms with E-state index in [2.05, 4.69) is 5.10 Å². The molecule has 0 spiro atoms. The molecule has 0 saturated carbocycles. The van der Waals surface area contributed by atoms with Gasteiger partial charge >= 0.3 is 0 Å².